The zero-order valence-corrected chi connectivity index (χ0v) is 12.2. The number of carbonyl (C=O) groups is 2. The molecule has 120 valence electrons. The molecule has 2 fully saturated rings. The number of nitrogens with two attached hydrogens (primary N) is 1. The summed E-state index contributed by atoms with van der Waals surface area (Å²) in [5, 5.41) is 1.12. The predicted octanol–water partition coefficient (Wildman–Crippen LogP) is -0.0210. The van der Waals surface area contributed by atoms with Crippen molar-refractivity contribution in [3.63, 3.8) is 0 Å². The molecule has 0 aromatic carbocycles. The van der Waals surface area contributed by atoms with Crippen LogP contribution in [0.1, 0.15) is 19.8 Å². The van der Waals surface area contributed by atoms with Crippen LogP contribution in [0.5, 0.6) is 0 Å². The lowest BCUT2D eigenvalue weighted by molar-refractivity contribution is -0.609. The Morgan fingerprint density at radius 1 is 1.38 bits per heavy atom. The molecule has 0 bridgehead atoms. The van der Waals surface area contributed by atoms with E-state index in [4.69, 9.17) is 4.74 Å². The molecule has 0 aromatic rings. The third-order valence-electron chi connectivity index (χ3n) is 4.10. The Morgan fingerprint density at radius 3 is 2.67 bits per heavy atom. The number of alkyl halides is 2. The molecule has 1 saturated heterocycles. The number of hydrogen-bond acceptors (Lipinski definition) is 4. The number of esters is 1. The number of hydrogen-bond donors (Lipinski definition) is 1. The van der Waals surface area contributed by atoms with Crippen molar-refractivity contribution in [1.82, 2.24) is 4.90 Å². The average molecular weight is 307 g/mol. The lowest BCUT2D eigenvalue weighted by atomic mass is 10.1. The van der Waals surface area contributed by atoms with Gasteiger partial charge in [-0.2, -0.15) is 0 Å². The number of halogens is 2. The van der Waals surface area contributed by atoms with Gasteiger partial charge < -0.3 is 9.47 Å². The first kappa shape index (κ1) is 16.1. The maximum atomic E-state index is 13.5. The second-order valence-electron chi connectivity index (χ2n) is 5.68. The molecule has 2 N–H and O–H groups in total. The summed E-state index contributed by atoms with van der Waals surface area (Å²) in [6, 6.07) is -0.405. The molecule has 2 aliphatic rings. The van der Waals surface area contributed by atoms with Crippen LogP contribution >= 0.6 is 0 Å². The van der Waals surface area contributed by atoms with E-state index in [0.717, 1.165) is 19.4 Å². The molecule has 1 heterocycles. The van der Waals surface area contributed by atoms with E-state index in [2.05, 4.69) is 4.74 Å². The second kappa shape index (κ2) is 5.84. The highest BCUT2D eigenvalue weighted by atomic mass is 19.3. The monoisotopic (exact) mass is 307 g/mol. The molecule has 1 aliphatic carbocycles. The molecule has 0 spiro atoms. The summed E-state index contributed by atoms with van der Waals surface area (Å²) in [6.07, 6.45) is 0.636. The molecule has 6 nitrogen and oxygen atoms in total. The number of nitrogens with zero attached hydrogens (tertiary/aromatic N) is 1. The van der Waals surface area contributed by atoms with E-state index in [1.165, 1.54) is 4.90 Å². The van der Waals surface area contributed by atoms with Crippen LogP contribution in [0.25, 0.3) is 0 Å². The largest absolute Gasteiger partial charge is 0.464 e. The van der Waals surface area contributed by atoms with E-state index >= 15 is 0 Å². The number of ether oxygens (including phenoxy) is 2. The summed E-state index contributed by atoms with van der Waals surface area (Å²) in [5.41, 5.74) is -1.49. The molecule has 0 radical (unpaired) electrons. The van der Waals surface area contributed by atoms with Crippen molar-refractivity contribution < 1.29 is 33.2 Å². The van der Waals surface area contributed by atoms with Crippen molar-refractivity contribution in [1.29, 1.82) is 0 Å². The standard InChI is InChI=1S/C13H20F2N2O4/c1-12(14,15)9-8-13(9,10(18)20-2)16-11(19)17-4-3-6-21-7-5-17/h9H,3-8H2,1-2H3,(H,16,19)/p+1/t9-,13+/m0/s1. The maximum absolute atomic E-state index is 13.5. The number of urea groups is 1. The van der Waals surface area contributed by atoms with Crippen LogP contribution in [0.4, 0.5) is 13.6 Å². The molecule has 21 heavy (non-hydrogen) atoms. The zero-order chi connectivity index (χ0) is 15.7. The highest BCUT2D eigenvalue weighted by Crippen LogP contribution is 2.50. The Bertz CT molecular complexity index is 419. The molecule has 2 atom stereocenters. The molecular weight excluding hydrogens is 286 g/mol. The van der Waals surface area contributed by atoms with Gasteiger partial charge >= 0.3 is 12.0 Å². The van der Waals surface area contributed by atoms with Crippen molar-refractivity contribution in [2.75, 3.05) is 33.4 Å². The van der Waals surface area contributed by atoms with E-state index in [-0.39, 0.29) is 6.42 Å². The Balaban J connectivity index is 2.06. The van der Waals surface area contributed by atoms with Crippen LogP contribution < -0.4 is 5.32 Å². The Morgan fingerprint density at radius 2 is 2.10 bits per heavy atom. The van der Waals surface area contributed by atoms with Crippen LogP contribution in [0.3, 0.4) is 0 Å². The summed E-state index contributed by atoms with van der Waals surface area (Å²) in [6.45, 7) is 2.65. The zero-order valence-electron chi connectivity index (χ0n) is 12.2. The van der Waals surface area contributed by atoms with Gasteiger partial charge in [-0.05, 0) is 13.3 Å². The lowest BCUT2D eigenvalue weighted by Crippen LogP contribution is -3.00. The smallest absolute Gasteiger partial charge is 0.416 e. The average Bonchev–Trinajstić information content (AvgIpc) is 3.17. The van der Waals surface area contributed by atoms with Gasteiger partial charge in [-0.25, -0.2) is 23.7 Å². The van der Waals surface area contributed by atoms with Crippen LogP contribution in [0, 0.1) is 5.92 Å². The summed E-state index contributed by atoms with van der Waals surface area (Å²) >= 11 is 0. The van der Waals surface area contributed by atoms with Gasteiger partial charge in [-0.3, -0.25) is 4.90 Å². The molecule has 1 aliphatic heterocycles. The summed E-state index contributed by atoms with van der Waals surface area (Å²) in [4.78, 5) is 25.6. The number of quaternary nitrogens is 1. The van der Waals surface area contributed by atoms with E-state index in [0.29, 0.717) is 32.7 Å². The first-order valence-electron chi connectivity index (χ1n) is 7.00. The first-order valence-corrected chi connectivity index (χ1v) is 7.00. The lowest BCUT2D eigenvalue weighted by Gasteiger charge is -2.21. The van der Waals surface area contributed by atoms with Crippen molar-refractivity contribution >= 4 is 12.0 Å². The maximum Gasteiger partial charge on any atom is 0.416 e. The van der Waals surface area contributed by atoms with Crippen LogP contribution in [-0.2, 0) is 14.3 Å². The van der Waals surface area contributed by atoms with Gasteiger partial charge in [0.15, 0.2) is 0 Å². The number of carbonyl (C=O) groups excluding carboxylic acids is 2. The van der Waals surface area contributed by atoms with Crippen LogP contribution in [-0.4, -0.2) is 61.8 Å². The molecule has 2 rings (SSSR count). The highest BCUT2D eigenvalue weighted by Gasteiger charge is 2.74. The van der Waals surface area contributed by atoms with E-state index < -0.39 is 29.4 Å². The second-order valence-corrected chi connectivity index (χ2v) is 5.68. The number of primary amides is 1. The van der Waals surface area contributed by atoms with Crippen molar-refractivity contribution in [2.24, 2.45) is 5.92 Å². The fourth-order valence-corrected chi connectivity index (χ4v) is 2.82. The Hall–Kier alpha value is -1.28. The quantitative estimate of drug-likeness (QED) is 0.744. The van der Waals surface area contributed by atoms with E-state index in [1.807, 2.05) is 0 Å². The number of amides is 2. The molecule has 0 unspecified atom stereocenters. The molecule has 2 amide bonds. The van der Waals surface area contributed by atoms with Gasteiger partial charge in [0.25, 0.3) is 5.92 Å². The minimum Gasteiger partial charge on any atom is -0.464 e. The fraction of sp³-hybridized carbons (Fsp3) is 0.846. The van der Waals surface area contributed by atoms with Crippen molar-refractivity contribution in [3.05, 3.63) is 0 Å². The van der Waals surface area contributed by atoms with Crippen LogP contribution in [0.15, 0.2) is 0 Å². The molecule has 0 aromatic heterocycles. The molecular formula is C13H21F2N2O4+. The number of rotatable bonds is 3. The van der Waals surface area contributed by atoms with Gasteiger partial charge in [0.2, 0.25) is 5.54 Å². The summed E-state index contributed by atoms with van der Waals surface area (Å²) in [7, 11) is 1.14. The van der Waals surface area contributed by atoms with E-state index in [9.17, 15) is 18.4 Å². The Labute approximate surface area is 121 Å². The van der Waals surface area contributed by atoms with Crippen molar-refractivity contribution in [3.8, 4) is 0 Å². The minimum atomic E-state index is -3.02. The molecule has 8 heteroatoms. The topological polar surface area (TPSA) is 72.5 Å². The predicted molar refractivity (Wildman–Crippen MR) is 67.8 cm³/mol. The first-order chi connectivity index (χ1) is 9.81. The van der Waals surface area contributed by atoms with Gasteiger partial charge in [0, 0.05) is 26.1 Å². The Kier molecular flexibility index (Phi) is 4.48. The summed E-state index contributed by atoms with van der Waals surface area (Å²) in [5.74, 6) is -4.97. The third-order valence-corrected chi connectivity index (χ3v) is 4.10. The SMILES string of the molecule is COC(=O)[C@@]1([NH2+]C(=O)N2CCCOCC2)C[C@H]1C(C)(F)F. The fourth-order valence-electron chi connectivity index (χ4n) is 2.82. The van der Waals surface area contributed by atoms with Crippen LogP contribution in [0.2, 0.25) is 0 Å². The van der Waals surface area contributed by atoms with Gasteiger partial charge in [0.05, 0.1) is 19.6 Å². The number of methoxy groups -OCH3 is 1. The van der Waals surface area contributed by atoms with Gasteiger partial charge in [0.1, 0.15) is 0 Å². The third kappa shape index (κ3) is 3.32. The van der Waals surface area contributed by atoms with Gasteiger partial charge in [-0.15, -0.1) is 0 Å². The normalized spacial score (nSPS) is 29.7. The van der Waals surface area contributed by atoms with Crippen molar-refractivity contribution in [2.45, 2.75) is 31.2 Å². The minimum absolute atomic E-state index is 0.0563. The van der Waals surface area contributed by atoms with Gasteiger partial charge in [-0.1, -0.05) is 0 Å². The summed E-state index contributed by atoms with van der Waals surface area (Å²) < 4.78 is 36.8. The molecule has 1 saturated carbocycles. The highest BCUT2D eigenvalue weighted by molar-refractivity contribution is 5.85. The van der Waals surface area contributed by atoms with E-state index in [1.54, 1.807) is 0 Å².